The predicted octanol–water partition coefficient (Wildman–Crippen LogP) is 2.38. The van der Waals surface area contributed by atoms with Crippen molar-refractivity contribution in [3.63, 3.8) is 0 Å². The number of unbranched alkanes of at least 4 members (excludes halogenated alkanes) is 2. The van der Waals surface area contributed by atoms with Crippen LogP contribution in [0.4, 0.5) is 0 Å². The molecule has 1 rings (SSSR count). The molecule has 6 heteroatoms. The molecular formula is C16H30O6. The Hall–Kier alpha value is -1.14. The zero-order valence-corrected chi connectivity index (χ0v) is 14.0. The molecule has 0 aromatic carbocycles. The van der Waals surface area contributed by atoms with Crippen molar-refractivity contribution in [2.24, 2.45) is 5.41 Å². The number of aliphatic carboxylic acids is 1. The fourth-order valence-corrected chi connectivity index (χ4v) is 1.64. The molecule has 130 valence electrons. The highest BCUT2D eigenvalue weighted by Gasteiger charge is 2.31. The molecule has 1 fully saturated rings. The molecule has 0 radical (unpaired) electrons. The van der Waals surface area contributed by atoms with Crippen molar-refractivity contribution in [1.29, 1.82) is 0 Å². The van der Waals surface area contributed by atoms with Crippen LogP contribution in [0, 0.1) is 5.41 Å². The number of ether oxygens (including phenoxy) is 2. The normalized spacial score (nSPS) is 16.5. The maximum Gasteiger partial charge on any atom is 0.311 e. The Labute approximate surface area is 132 Å². The Morgan fingerprint density at radius 2 is 1.91 bits per heavy atom. The second-order valence-electron chi connectivity index (χ2n) is 6.12. The van der Waals surface area contributed by atoms with Crippen LogP contribution in [-0.4, -0.2) is 48.1 Å². The number of esters is 1. The summed E-state index contributed by atoms with van der Waals surface area (Å²) in [4.78, 5) is 21.4. The maximum absolute atomic E-state index is 11.6. The van der Waals surface area contributed by atoms with E-state index in [-0.39, 0.29) is 30.5 Å². The van der Waals surface area contributed by atoms with E-state index in [0.29, 0.717) is 19.4 Å². The number of hydrogen-bond acceptors (Lipinski definition) is 5. The van der Waals surface area contributed by atoms with Gasteiger partial charge in [0, 0.05) is 13.0 Å². The molecule has 0 aliphatic carbocycles. The third-order valence-corrected chi connectivity index (χ3v) is 3.31. The summed E-state index contributed by atoms with van der Waals surface area (Å²) in [7, 11) is 0. The van der Waals surface area contributed by atoms with Gasteiger partial charge >= 0.3 is 11.9 Å². The van der Waals surface area contributed by atoms with Crippen LogP contribution in [0.25, 0.3) is 0 Å². The average Bonchev–Trinajstić information content (AvgIpc) is 3.27. The number of hydrogen-bond donors (Lipinski definition) is 2. The van der Waals surface area contributed by atoms with E-state index in [1.165, 1.54) is 0 Å². The van der Waals surface area contributed by atoms with Gasteiger partial charge in [0.05, 0.1) is 12.0 Å². The molecule has 0 aromatic rings. The lowest BCUT2D eigenvalue weighted by molar-refractivity contribution is -0.154. The molecule has 22 heavy (non-hydrogen) atoms. The molecule has 1 saturated heterocycles. The van der Waals surface area contributed by atoms with Gasteiger partial charge in [-0.25, -0.2) is 0 Å². The first-order valence-electron chi connectivity index (χ1n) is 7.95. The van der Waals surface area contributed by atoms with Gasteiger partial charge in [-0.15, -0.1) is 0 Å². The van der Waals surface area contributed by atoms with E-state index in [1.807, 2.05) is 13.8 Å². The highest BCUT2D eigenvalue weighted by molar-refractivity contribution is 5.75. The van der Waals surface area contributed by atoms with Crippen molar-refractivity contribution < 1.29 is 29.3 Å². The summed E-state index contributed by atoms with van der Waals surface area (Å²) in [6.45, 7) is 7.27. The topological polar surface area (TPSA) is 96.4 Å². The van der Waals surface area contributed by atoms with Crippen LogP contribution in [0.3, 0.4) is 0 Å². The Bertz CT molecular complexity index is 323. The Kier molecular flexibility index (Phi) is 10.8. The fraction of sp³-hybridized carbons (Fsp3) is 0.875. The van der Waals surface area contributed by atoms with Crippen molar-refractivity contribution in [2.45, 2.75) is 65.4 Å². The standard InChI is InChI=1S/C11H20O3.C5H10O3/c1-4-5-6-11(2,3)10(12)14-8-9-7-13-9;6-4-2-1-3-5(7)8/h9H,4-8H2,1-3H3;6H,1-4H2,(H,7,8). The summed E-state index contributed by atoms with van der Waals surface area (Å²) >= 11 is 0. The van der Waals surface area contributed by atoms with Gasteiger partial charge in [-0.05, 0) is 33.1 Å². The van der Waals surface area contributed by atoms with E-state index in [9.17, 15) is 9.59 Å². The Morgan fingerprint density at radius 3 is 2.36 bits per heavy atom. The number of carboxylic acid groups (broad SMARTS) is 1. The molecule has 1 aliphatic rings. The summed E-state index contributed by atoms with van der Waals surface area (Å²) in [5.41, 5.74) is -0.342. The molecule has 1 heterocycles. The second-order valence-corrected chi connectivity index (χ2v) is 6.12. The first-order valence-corrected chi connectivity index (χ1v) is 7.95. The van der Waals surface area contributed by atoms with Gasteiger partial charge in [-0.2, -0.15) is 0 Å². The van der Waals surface area contributed by atoms with Crippen LogP contribution in [0.2, 0.25) is 0 Å². The number of carbonyl (C=O) groups is 2. The lowest BCUT2D eigenvalue weighted by atomic mass is 9.87. The highest BCUT2D eigenvalue weighted by atomic mass is 16.6. The van der Waals surface area contributed by atoms with Crippen LogP contribution < -0.4 is 0 Å². The SMILES string of the molecule is CCCCC(C)(C)C(=O)OCC1CO1.O=C(O)CCCCO. The van der Waals surface area contributed by atoms with Gasteiger partial charge in [0.1, 0.15) is 12.7 Å². The van der Waals surface area contributed by atoms with Gasteiger partial charge in [0.2, 0.25) is 0 Å². The van der Waals surface area contributed by atoms with Gasteiger partial charge in [0.25, 0.3) is 0 Å². The lowest BCUT2D eigenvalue weighted by Crippen LogP contribution is -2.27. The maximum atomic E-state index is 11.6. The number of aliphatic hydroxyl groups excluding tert-OH is 1. The van der Waals surface area contributed by atoms with Crippen molar-refractivity contribution in [2.75, 3.05) is 19.8 Å². The molecule has 0 amide bonds. The minimum Gasteiger partial charge on any atom is -0.481 e. The number of rotatable bonds is 10. The largest absolute Gasteiger partial charge is 0.481 e. The molecule has 1 aliphatic heterocycles. The molecule has 2 N–H and O–H groups in total. The van der Waals surface area contributed by atoms with Gasteiger partial charge in [-0.3, -0.25) is 9.59 Å². The van der Waals surface area contributed by atoms with Crippen molar-refractivity contribution in [3.05, 3.63) is 0 Å². The molecule has 1 unspecified atom stereocenters. The number of carboxylic acids is 1. The van der Waals surface area contributed by atoms with Crippen LogP contribution >= 0.6 is 0 Å². The number of aliphatic hydroxyl groups is 1. The van der Waals surface area contributed by atoms with Crippen molar-refractivity contribution in [1.82, 2.24) is 0 Å². The van der Waals surface area contributed by atoms with Gasteiger partial charge < -0.3 is 19.7 Å². The summed E-state index contributed by atoms with van der Waals surface area (Å²) < 4.78 is 10.1. The van der Waals surface area contributed by atoms with Crippen LogP contribution in [0.5, 0.6) is 0 Å². The molecule has 0 saturated carbocycles. The summed E-state index contributed by atoms with van der Waals surface area (Å²) in [5.74, 6) is -0.889. The smallest absolute Gasteiger partial charge is 0.311 e. The van der Waals surface area contributed by atoms with E-state index < -0.39 is 5.97 Å². The highest BCUT2D eigenvalue weighted by Crippen LogP contribution is 2.25. The quantitative estimate of drug-likeness (QED) is 0.365. The van der Waals surface area contributed by atoms with Crippen LogP contribution in [0.1, 0.15) is 59.3 Å². The van der Waals surface area contributed by atoms with E-state index in [4.69, 9.17) is 19.7 Å². The third kappa shape index (κ3) is 11.5. The first kappa shape index (κ1) is 20.9. The molecule has 1 atom stereocenters. The zero-order valence-electron chi connectivity index (χ0n) is 14.0. The fourth-order valence-electron chi connectivity index (χ4n) is 1.64. The van der Waals surface area contributed by atoms with E-state index >= 15 is 0 Å². The lowest BCUT2D eigenvalue weighted by Gasteiger charge is -2.21. The Morgan fingerprint density at radius 1 is 1.27 bits per heavy atom. The predicted molar refractivity (Wildman–Crippen MR) is 82.6 cm³/mol. The van der Waals surface area contributed by atoms with Gasteiger partial charge in [0.15, 0.2) is 0 Å². The number of epoxide rings is 1. The van der Waals surface area contributed by atoms with E-state index in [1.54, 1.807) is 0 Å². The van der Waals surface area contributed by atoms with Crippen molar-refractivity contribution >= 4 is 11.9 Å². The molecule has 0 aromatic heterocycles. The first-order chi connectivity index (χ1) is 10.3. The minimum absolute atomic E-state index is 0.0906. The van der Waals surface area contributed by atoms with Crippen molar-refractivity contribution in [3.8, 4) is 0 Å². The minimum atomic E-state index is -0.793. The average molecular weight is 318 g/mol. The molecule has 0 spiro atoms. The summed E-state index contributed by atoms with van der Waals surface area (Å²) in [6, 6.07) is 0. The zero-order chi connectivity index (χ0) is 17.0. The monoisotopic (exact) mass is 318 g/mol. The summed E-state index contributed by atoms with van der Waals surface area (Å²) in [6.07, 6.45) is 4.58. The van der Waals surface area contributed by atoms with E-state index in [0.717, 1.165) is 25.9 Å². The number of carbonyl (C=O) groups excluding carboxylic acids is 1. The molecule has 6 nitrogen and oxygen atoms in total. The van der Waals surface area contributed by atoms with Gasteiger partial charge in [-0.1, -0.05) is 19.8 Å². The third-order valence-electron chi connectivity index (χ3n) is 3.31. The van der Waals surface area contributed by atoms with Crippen LogP contribution in [-0.2, 0) is 19.1 Å². The second kappa shape index (κ2) is 11.4. The Balaban J connectivity index is 0.000000472. The molecular weight excluding hydrogens is 288 g/mol. The summed E-state index contributed by atoms with van der Waals surface area (Å²) in [5, 5.41) is 16.2. The molecule has 0 bridgehead atoms. The van der Waals surface area contributed by atoms with E-state index in [2.05, 4.69) is 6.92 Å². The van der Waals surface area contributed by atoms with Crippen LogP contribution in [0.15, 0.2) is 0 Å².